The van der Waals surface area contributed by atoms with E-state index in [4.69, 9.17) is 4.74 Å². The van der Waals surface area contributed by atoms with E-state index >= 15 is 0 Å². The number of ether oxygens (including phenoxy) is 1. The molecule has 1 aromatic rings. The molecular weight excluding hydrogens is 172 g/mol. The summed E-state index contributed by atoms with van der Waals surface area (Å²) in [6, 6.07) is 10.7. The molecule has 0 unspecified atom stereocenters. The Hall–Kier alpha value is -0.820. The third-order valence-corrected chi connectivity index (χ3v) is 3.70. The Kier molecular flexibility index (Phi) is 1.72. The minimum absolute atomic E-state index is 0.119. The Morgan fingerprint density at radius 1 is 1.29 bits per heavy atom. The van der Waals surface area contributed by atoms with Gasteiger partial charge in [-0.25, -0.2) is 0 Å². The first kappa shape index (κ1) is 8.49. The Morgan fingerprint density at radius 3 is 2.79 bits per heavy atom. The average Bonchev–Trinajstić information content (AvgIpc) is 2.94. The fourth-order valence-corrected chi connectivity index (χ4v) is 2.74. The first-order chi connectivity index (χ1) is 6.81. The van der Waals surface area contributed by atoms with Crippen LogP contribution in [0.3, 0.4) is 0 Å². The van der Waals surface area contributed by atoms with E-state index in [-0.39, 0.29) is 5.60 Å². The molecule has 2 fully saturated rings. The molecule has 0 aromatic heterocycles. The summed E-state index contributed by atoms with van der Waals surface area (Å²) in [5.74, 6) is 0.847. The van der Waals surface area contributed by atoms with E-state index in [0.717, 1.165) is 5.92 Å². The molecule has 2 aliphatic rings. The summed E-state index contributed by atoms with van der Waals surface area (Å²) in [5.41, 5.74) is 1.50. The average molecular weight is 188 g/mol. The van der Waals surface area contributed by atoms with Gasteiger partial charge in [0.15, 0.2) is 0 Å². The molecule has 1 saturated heterocycles. The number of rotatable bonds is 1. The number of hydrogen-bond donors (Lipinski definition) is 0. The highest BCUT2D eigenvalue weighted by molar-refractivity contribution is 5.30. The third kappa shape index (κ3) is 1.12. The maximum Gasteiger partial charge on any atom is 0.120 e. The van der Waals surface area contributed by atoms with Gasteiger partial charge >= 0.3 is 0 Å². The summed E-state index contributed by atoms with van der Waals surface area (Å²) in [6.45, 7) is 2.33. The largest absolute Gasteiger partial charge is 0.361 e. The summed E-state index contributed by atoms with van der Waals surface area (Å²) in [7, 11) is 0. The second-order valence-electron chi connectivity index (χ2n) is 4.74. The van der Waals surface area contributed by atoms with Gasteiger partial charge in [0.2, 0.25) is 0 Å². The van der Waals surface area contributed by atoms with Crippen molar-refractivity contribution in [3.05, 3.63) is 35.9 Å². The van der Waals surface area contributed by atoms with Crippen LogP contribution in [-0.4, -0.2) is 6.10 Å². The zero-order chi connectivity index (χ0) is 9.60. The molecule has 0 spiro atoms. The van der Waals surface area contributed by atoms with Crippen LogP contribution < -0.4 is 0 Å². The van der Waals surface area contributed by atoms with Gasteiger partial charge in [0.25, 0.3) is 0 Å². The van der Waals surface area contributed by atoms with Crippen molar-refractivity contribution in [1.82, 2.24) is 0 Å². The Balaban J connectivity index is 1.88. The first-order valence-electron chi connectivity index (χ1n) is 5.54. The maximum atomic E-state index is 5.92. The standard InChI is InChI=1S/C13H16O/c1-10-7-8-13(12(9-10)14-13)11-5-3-2-4-6-11/h2-6,10,12H,7-9H2,1H3/t10-,12+,13+/m1/s1. The van der Waals surface area contributed by atoms with Crippen molar-refractivity contribution in [1.29, 1.82) is 0 Å². The van der Waals surface area contributed by atoms with Crippen molar-refractivity contribution in [3.63, 3.8) is 0 Å². The molecule has 0 bridgehead atoms. The fraction of sp³-hybridized carbons (Fsp3) is 0.538. The number of hydrogen-bond acceptors (Lipinski definition) is 1. The summed E-state index contributed by atoms with van der Waals surface area (Å²) < 4.78 is 5.92. The summed E-state index contributed by atoms with van der Waals surface area (Å²) in [6.07, 6.45) is 4.28. The molecule has 3 atom stereocenters. The first-order valence-corrected chi connectivity index (χ1v) is 5.54. The van der Waals surface area contributed by atoms with Crippen LogP contribution in [0, 0.1) is 5.92 Å². The van der Waals surface area contributed by atoms with Crippen LogP contribution >= 0.6 is 0 Å². The molecule has 1 nitrogen and oxygen atoms in total. The highest BCUT2D eigenvalue weighted by Crippen LogP contribution is 2.56. The molecule has 1 aliphatic carbocycles. The van der Waals surface area contributed by atoms with Crippen LogP contribution in [0.2, 0.25) is 0 Å². The molecule has 0 radical (unpaired) electrons. The number of benzene rings is 1. The van der Waals surface area contributed by atoms with Gasteiger partial charge < -0.3 is 4.74 Å². The third-order valence-electron chi connectivity index (χ3n) is 3.70. The van der Waals surface area contributed by atoms with E-state index in [9.17, 15) is 0 Å². The van der Waals surface area contributed by atoms with Crippen LogP contribution in [-0.2, 0) is 10.3 Å². The van der Waals surface area contributed by atoms with Gasteiger partial charge in [-0.15, -0.1) is 0 Å². The minimum Gasteiger partial charge on any atom is -0.361 e. The quantitative estimate of drug-likeness (QED) is 0.617. The highest BCUT2D eigenvalue weighted by Gasteiger charge is 2.59. The lowest BCUT2D eigenvalue weighted by Crippen LogP contribution is -2.21. The van der Waals surface area contributed by atoms with Crippen molar-refractivity contribution in [2.24, 2.45) is 5.92 Å². The van der Waals surface area contributed by atoms with Gasteiger partial charge in [-0.2, -0.15) is 0 Å². The fourth-order valence-electron chi connectivity index (χ4n) is 2.74. The molecule has 1 heteroatoms. The van der Waals surface area contributed by atoms with Crippen molar-refractivity contribution in [3.8, 4) is 0 Å². The molecule has 1 heterocycles. The molecule has 1 aromatic carbocycles. The lowest BCUT2D eigenvalue weighted by molar-refractivity contribution is 0.286. The molecule has 0 N–H and O–H groups in total. The highest BCUT2D eigenvalue weighted by atomic mass is 16.6. The zero-order valence-electron chi connectivity index (χ0n) is 8.57. The second-order valence-corrected chi connectivity index (χ2v) is 4.74. The minimum atomic E-state index is 0.119. The maximum absolute atomic E-state index is 5.92. The Morgan fingerprint density at radius 2 is 2.07 bits per heavy atom. The lowest BCUT2D eigenvalue weighted by atomic mass is 9.79. The normalized spacial score (nSPS) is 40.4. The molecule has 14 heavy (non-hydrogen) atoms. The van der Waals surface area contributed by atoms with Gasteiger partial charge in [-0.3, -0.25) is 0 Å². The van der Waals surface area contributed by atoms with Gasteiger partial charge in [0, 0.05) is 0 Å². The van der Waals surface area contributed by atoms with Crippen LogP contribution in [0.5, 0.6) is 0 Å². The smallest absolute Gasteiger partial charge is 0.120 e. The summed E-state index contributed by atoms with van der Waals surface area (Å²) in [4.78, 5) is 0. The van der Waals surface area contributed by atoms with E-state index < -0.39 is 0 Å². The zero-order valence-corrected chi connectivity index (χ0v) is 8.57. The van der Waals surface area contributed by atoms with Crippen LogP contribution in [0.1, 0.15) is 31.7 Å². The lowest BCUT2D eigenvalue weighted by Gasteiger charge is -2.21. The molecular formula is C13H16O. The van der Waals surface area contributed by atoms with Crippen molar-refractivity contribution >= 4 is 0 Å². The Bertz CT molecular complexity index is 332. The van der Waals surface area contributed by atoms with Gasteiger partial charge in [-0.05, 0) is 30.7 Å². The van der Waals surface area contributed by atoms with Crippen LogP contribution in [0.25, 0.3) is 0 Å². The Labute approximate surface area is 85.1 Å². The monoisotopic (exact) mass is 188 g/mol. The SMILES string of the molecule is C[C@@H]1CC[C@@]2(c3ccccc3)O[C@H]2C1. The van der Waals surface area contributed by atoms with E-state index in [0.29, 0.717) is 6.10 Å². The van der Waals surface area contributed by atoms with Crippen molar-refractivity contribution in [2.75, 3.05) is 0 Å². The molecule has 3 rings (SSSR count). The van der Waals surface area contributed by atoms with Gasteiger partial charge in [0.1, 0.15) is 5.60 Å². The van der Waals surface area contributed by atoms with E-state index in [1.165, 1.54) is 24.8 Å². The molecule has 1 saturated carbocycles. The number of fused-ring (bicyclic) bond motifs is 1. The van der Waals surface area contributed by atoms with Crippen molar-refractivity contribution in [2.45, 2.75) is 37.9 Å². The number of epoxide rings is 1. The van der Waals surface area contributed by atoms with E-state index in [1.807, 2.05) is 0 Å². The predicted octanol–water partition coefficient (Wildman–Crippen LogP) is 3.10. The summed E-state index contributed by atoms with van der Waals surface area (Å²) >= 11 is 0. The topological polar surface area (TPSA) is 12.5 Å². The van der Waals surface area contributed by atoms with Crippen molar-refractivity contribution < 1.29 is 4.74 Å². The predicted molar refractivity (Wildman–Crippen MR) is 56.0 cm³/mol. The molecule has 0 amide bonds. The second kappa shape index (κ2) is 2.83. The van der Waals surface area contributed by atoms with E-state index in [2.05, 4.69) is 37.3 Å². The van der Waals surface area contributed by atoms with Gasteiger partial charge in [0.05, 0.1) is 6.10 Å². The van der Waals surface area contributed by atoms with Crippen LogP contribution in [0.15, 0.2) is 30.3 Å². The molecule has 74 valence electrons. The molecule has 1 aliphatic heterocycles. The van der Waals surface area contributed by atoms with Crippen LogP contribution in [0.4, 0.5) is 0 Å². The summed E-state index contributed by atoms with van der Waals surface area (Å²) in [5, 5.41) is 0. The van der Waals surface area contributed by atoms with E-state index in [1.54, 1.807) is 0 Å². The van der Waals surface area contributed by atoms with Gasteiger partial charge in [-0.1, -0.05) is 37.3 Å².